The number of hydrogen-bond donors (Lipinski definition) is 1. The van der Waals surface area contributed by atoms with Crippen molar-refractivity contribution in [3.05, 3.63) is 62.0 Å². The van der Waals surface area contributed by atoms with Crippen molar-refractivity contribution in [3.8, 4) is 0 Å². The Balaban J connectivity index is 1.46. The first-order chi connectivity index (χ1) is 13.5. The lowest BCUT2D eigenvalue weighted by molar-refractivity contribution is 0.466. The molecule has 1 aromatic carbocycles. The van der Waals surface area contributed by atoms with Crippen LogP contribution in [-0.2, 0) is 25.8 Å². The number of thiophene rings is 1. The third-order valence-electron chi connectivity index (χ3n) is 5.33. The Labute approximate surface area is 174 Å². The molecule has 0 amide bonds. The highest BCUT2D eigenvalue weighted by molar-refractivity contribution is 7.18. The fraction of sp³-hybridized carbons (Fsp3) is 0.455. The topological polar surface area (TPSA) is 46.9 Å². The second-order valence-corrected chi connectivity index (χ2v) is 9.57. The van der Waals surface area contributed by atoms with Crippen LogP contribution in [-0.4, -0.2) is 22.1 Å². The van der Waals surface area contributed by atoms with Crippen molar-refractivity contribution >= 4 is 33.2 Å². The molecule has 2 heterocycles. The molecule has 0 aliphatic heterocycles. The quantitative estimate of drug-likeness (QED) is 0.646. The summed E-state index contributed by atoms with van der Waals surface area (Å²) >= 11 is 7.76. The van der Waals surface area contributed by atoms with Crippen LogP contribution in [0.25, 0.3) is 10.2 Å². The Bertz CT molecular complexity index is 1040. The van der Waals surface area contributed by atoms with Crippen LogP contribution in [0.5, 0.6) is 0 Å². The molecule has 3 aromatic rings. The summed E-state index contributed by atoms with van der Waals surface area (Å²) in [4.78, 5) is 19.7. The molecule has 0 radical (unpaired) electrons. The normalized spacial score (nSPS) is 16.6. The van der Waals surface area contributed by atoms with Gasteiger partial charge in [0.25, 0.3) is 5.56 Å². The molecule has 28 heavy (non-hydrogen) atoms. The second-order valence-electron chi connectivity index (χ2n) is 8.05. The number of benzene rings is 1. The number of rotatable bonds is 6. The van der Waals surface area contributed by atoms with Gasteiger partial charge in [-0.3, -0.25) is 9.36 Å². The van der Waals surface area contributed by atoms with Crippen LogP contribution >= 0.6 is 22.9 Å². The highest BCUT2D eigenvalue weighted by atomic mass is 35.5. The zero-order valence-corrected chi connectivity index (χ0v) is 17.9. The van der Waals surface area contributed by atoms with Crippen molar-refractivity contribution in [1.29, 1.82) is 0 Å². The molecule has 1 unspecified atom stereocenters. The molecule has 4 nitrogen and oxygen atoms in total. The average molecular weight is 416 g/mol. The van der Waals surface area contributed by atoms with Crippen molar-refractivity contribution in [1.82, 2.24) is 14.9 Å². The summed E-state index contributed by atoms with van der Waals surface area (Å²) in [6.45, 7) is 5.91. The standard InChI is InChI=1S/C22H26ClN3OS/c1-14(2)12-26-13-25-21-20(22(26)27)18-7-6-17(11-19(18)28-21)24-9-8-15-4-3-5-16(23)10-15/h3-5,10,13-14,17,24H,6-9,11-12H2,1-2H3. The van der Waals surface area contributed by atoms with E-state index in [4.69, 9.17) is 11.6 Å². The Hall–Kier alpha value is -1.69. The van der Waals surface area contributed by atoms with Gasteiger partial charge in [0, 0.05) is 22.5 Å². The van der Waals surface area contributed by atoms with Gasteiger partial charge >= 0.3 is 0 Å². The minimum absolute atomic E-state index is 0.128. The van der Waals surface area contributed by atoms with Crippen molar-refractivity contribution < 1.29 is 0 Å². The van der Waals surface area contributed by atoms with E-state index in [0.717, 1.165) is 54.0 Å². The lowest BCUT2D eigenvalue weighted by atomic mass is 9.93. The smallest absolute Gasteiger partial charge is 0.262 e. The summed E-state index contributed by atoms with van der Waals surface area (Å²) in [6.07, 6.45) is 5.68. The van der Waals surface area contributed by atoms with Gasteiger partial charge in [-0.05, 0) is 61.4 Å². The molecule has 2 aromatic heterocycles. The fourth-order valence-electron chi connectivity index (χ4n) is 4.01. The molecule has 148 valence electrons. The Morgan fingerprint density at radius 2 is 2.25 bits per heavy atom. The zero-order valence-electron chi connectivity index (χ0n) is 16.4. The highest BCUT2D eigenvalue weighted by Crippen LogP contribution is 2.33. The largest absolute Gasteiger partial charge is 0.313 e. The maximum absolute atomic E-state index is 12.9. The van der Waals surface area contributed by atoms with Gasteiger partial charge in [-0.1, -0.05) is 37.6 Å². The molecule has 1 aliphatic rings. The number of aromatic nitrogens is 2. The summed E-state index contributed by atoms with van der Waals surface area (Å²) < 4.78 is 1.77. The van der Waals surface area contributed by atoms with E-state index in [-0.39, 0.29) is 5.56 Å². The van der Waals surface area contributed by atoms with E-state index in [1.54, 1.807) is 22.2 Å². The van der Waals surface area contributed by atoms with Crippen molar-refractivity contribution in [2.24, 2.45) is 5.92 Å². The number of nitrogens with one attached hydrogen (secondary N) is 1. The number of hydrogen-bond acceptors (Lipinski definition) is 4. The van der Waals surface area contributed by atoms with Gasteiger partial charge in [0.2, 0.25) is 0 Å². The SMILES string of the molecule is CC(C)Cn1cnc2sc3c(c2c1=O)CCC(NCCc1cccc(Cl)c1)C3. The second kappa shape index (κ2) is 8.36. The predicted octanol–water partition coefficient (Wildman–Crippen LogP) is 4.46. The molecule has 0 spiro atoms. The van der Waals surface area contributed by atoms with E-state index < -0.39 is 0 Å². The number of halogens is 1. The molecule has 4 rings (SSSR count). The summed E-state index contributed by atoms with van der Waals surface area (Å²) in [5.41, 5.74) is 2.63. The Morgan fingerprint density at radius 1 is 1.39 bits per heavy atom. The Morgan fingerprint density at radius 3 is 3.04 bits per heavy atom. The molecular formula is C22H26ClN3OS. The first-order valence-corrected chi connectivity index (χ1v) is 11.2. The van der Waals surface area contributed by atoms with Crippen molar-refractivity contribution in [3.63, 3.8) is 0 Å². The van der Waals surface area contributed by atoms with Gasteiger partial charge in [0.15, 0.2) is 0 Å². The summed E-state index contributed by atoms with van der Waals surface area (Å²) in [5, 5.41) is 5.34. The third kappa shape index (κ3) is 4.17. The minimum Gasteiger partial charge on any atom is -0.313 e. The number of aryl methyl sites for hydroxylation is 1. The van der Waals surface area contributed by atoms with E-state index in [2.05, 4.69) is 30.2 Å². The van der Waals surface area contributed by atoms with Gasteiger partial charge in [0.1, 0.15) is 4.83 Å². The third-order valence-corrected chi connectivity index (χ3v) is 6.73. The van der Waals surface area contributed by atoms with Gasteiger partial charge < -0.3 is 5.32 Å². The summed E-state index contributed by atoms with van der Waals surface area (Å²) in [5.74, 6) is 0.430. The van der Waals surface area contributed by atoms with Gasteiger partial charge in [0.05, 0.1) is 11.7 Å². The van der Waals surface area contributed by atoms with Crippen molar-refractivity contribution in [2.75, 3.05) is 6.54 Å². The molecule has 0 fully saturated rings. The van der Waals surface area contributed by atoms with Crippen LogP contribution in [0, 0.1) is 5.92 Å². The van der Waals surface area contributed by atoms with E-state index in [9.17, 15) is 4.79 Å². The van der Waals surface area contributed by atoms with E-state index >= 15 is 0 Å². The summed E-state index contributed by atoms with van der Waals surface area (Å²) in [7, 11) is 0. The molecule has 1 atom stereocenters. The van der Waals surface area contributed by atoms with Crippen LogP contribution in [0.15, 0.2) is 35.4 Å². The molecule has 0 bridgehead atoms. The van der Waals surface area contributed by atoms with E-state index in [0.29, 0.717) is 12.0 Å². The maximum Gasteiger partial charge on any atom is 0.262 e. The summed E-state index contributed by atoms with van der Waals surface area (Å²) in [6, 6.07) is 8.51. The lowest BCUT2D eigenvalue weighted by Crippen LogP contribution is -2.35. The minimum atomic E-state index is 0.128. The highest BCUT2D eigenvalue weighted by Gasteiger charge is 2.25. The van der Waals surface area contributed by atoms with E-state index in [1.165, 1.54) is 16.0 Å². The maximum atomic E-state index is 12.9. The predicted molar refractivity (Wildman–Crippen MR) is 118 cm³/mol. The molecule has 6 heteroatoms. The zero-order chi connectivity index (χ0) is 19.7. The number of nitrogens with zero attached hydrogens (tertiary/aromatic N) is 2. The van der Waals surface area contributed by atoms with Gasteiger partial charge in [-0.2, -0.15) is 0 Å². The van der Waals surface area contributed by atoms with Crippen LogP contribution < -0.4 is 10.9 Å². The molecule has 0 saturated heterocycles. The first-order valence-electron chi connectivity index (χ1n) is 9.98. The molecule has 0 saturated carbocycles. The van der Waals surface area contributed by atoms with Crippen LogP contribution in [0.3, 0.4) is 0 Å². The first kappa shape index (κ1) is 19.6. The molecular weight excluding hydrogens is 390 g/mol. The Kier molecular flexibility index (Phi) is 5.85. The monoisotopic (exact) mass is 415 g/mol. The fourth-order valence-corrected chi connectivity index (χ4v) is 5.48. The average Bonchev–Trinajstić information content (AvgIpc) is 3.02. The molecule has 1 aliphatic carbocycles. The van der Waals surface area contributed by atoms with Crippen LogP contribution in [0.2, 0.25) is 5.02 Å². The van der Waals surface area contributed by atoms with Crippen molar-refractivity contribution in [2.45, 2.75) is 52.1 Å². The lowest BCUT2D eigenvalue weighted by Gasteiger charge is -2.23. The van der Waals surface area contributed by atoms with Gasteiger partial charge in [-0.15, -0.1) is 11.3 Å². The van der Waals surface area contributed by atoms with Crippen LogP contribution in [0.1, 0.15) is 36.3 Å². The number of fused-ring (bicyclic) bond motifs is 3. The van der Waals surface area contributed by atoms with E-state index in [1.807, 2.05) is 18.2 Å². The van der Waals surface area contributed by atoms with Crippen LogP contribution in [0.4, 0.5) is 0 Å². The van der Waals surface area contributed by atoms with Gasteiger partial charge in [-0.25, -0.2) is 4.98 Å². The molecule has 1 N–H and O–H groups in total.